The van der Waals surface area contributed by atoms with Gasteiger partial charge in [0.25, 0.3) is 5.91 Å². The number of methoxy groups -OCH3 is 1. The molecule has 0 saturated carbocycles. The molecule has 0 bridgehead atoms. The Labute approximate surface area is 118 Å². The van der Waals surface area contributed by atoms with Gasteiger partial charge in [-0.2, -0.15) is 0 Å². The average molecular weight is 271 g/mol. The van der Waals surface area contributed by atoms with Crippen molar-refractivity contribution in [3.8, 4) is 5.75 Å². The molecule has 0 aliphatic rings. The molecule has 0 aromatic heterocycles. The zero-order valence-electron chi connectivity index (χ0n) is 11.3. The summed E-state index contributed by atoms with van der Waals surface area (Å²) in [7, 11) is 1.56. The molecule has 2 aromatic rings. The maximum atomic E-state index is 12.0. The van der Waals surface area contributed by atoms with Crippen molar-refractivity contribution in [2.45, 2.75) is 6.54 Å². The minimum Gasteiger partial charge on any atom is -0.468 e. The topological polar surface area (TPSA) is 47.6 Å². The van der Waals surface area contributed by atoms with E-state index in [1.54, 1.807) is 31.4 Å². The second-order valence-electron chi connectivity index (χ2n) is 4.24. The lowest BCUT2D eigenvalue weighted by Crippen LogP contribution is -2.22. The van der Waals surface area contributed by atoms with E-state index in [-0.39, 0.29) is 12.7 Å². The predicted octanol–water partition coefficient (Wildman–Crippen LogP) is 2.60. The highest BCUT2D eigenvalue weighted by Gasteiger charge is 2.05. The van der Waals surface area contributed by atoms with E-state index in [1.165, 1.54) is 0 Å². The molecule has 2 rings (SSSR count). The maximum absolute atomic E-state index is 12.0. The molecule has 0 fully saturated rings. The summed E-state index contributed by atoms with van der Waals surface area (Å²) in [5.41, 5.74) is 1.67. The van der Waals surface area contributed by atoms with E-state index in [9.17, 15) is 4.79 Å². The molecule has 20 heavy (non-hydrogen) atoms. The zero-order valence-corrected chi connectivity index (χ0v) is 11.3. The Bertz CT molecular complexity index is 537. The van der Waals surface area contributed by atoms with Gasteiger partial charge in [0.15, 0.2) is 6.79 Å². The lowest BCUT2D eigenvalue weighted by molar-refractivity contribution is 0.0511. The Hall–Kier alpha value is -2.33. The SMILES string of the molecule is COCOc1ccc(C(=O)NCc2ccccc2)cc1. The molecule has 0 atom stereocenters. The number of carbonyl (C=O) groups is 1. The van der Waals surface area contributed by atoms with Crippen molar-refractivity contribution in [3.05, 3.63) is 65.7 Å². The minimum atomic E-state index is -0.104. The fraction of sp³-hybridized carbons (Fsp3) is 0.188. The third-order valence-corrected chi connectivity index (χ3v) is 2.76. The monoisotopic (exact) mass is 271 g/mol. The summed E-state index contributed by atoms with van der Waals surface area (Å²) in [6.07, 6.45) is 0. The highest BCUT2D eigenvalue weighted by molar-refractivity contribution is 5.94. The molecule has 2 aromatic carbocycles. The van der Waals surface area contributed by atoms with Crippen molar-refractivity contribution in [2.75, 3.05) is 13.9 Å². The first-order valence-electron chi connectivity index (χ1n) is 6.33. The number of amides is 1. The highest BCUT2D eigenvalue weighted by Crippen LogP contribution is 2.12. The lowest BCUT2D eigenvalue weighted by atomic mass is 10.2. The van der Waals surface area contributed by atoms with Gasteiger partial charge in [0.1, 0.15) is 5.75 Å². The first-order chi connectivity index (χ1) is 9.79. The maximum Gasteiger partial charge on any atom is 0.251 e. The molecule has 4 nitrogen and oxygen atoms in total. The number of ether oxygens (including phenoxy) is 2. The zero-order chi connectivity index (χ0) is 14.2. The van der Waals surface area contributed by atoms with Crippen LogP contribution in [-0.4, -0.2) is 19.8 Å². The van der Waals surface area contributed by atoms with Crippen molar-refractivity contribution in [1.29, 1.82) is 0 Å². The van der Waals surface area contributed by atoms with E-state index in [2.05, 4.69) is 5.32 Å². The van der Waals surface area contributed by atoms with E-state index in [0.29, 0.717) is 17.9 Å². The van der Waals surface area contributed by atoms with Crippen LogP contribution in [0.3, 0.4) is 0 Å². The summed E-state index contributed by atoms with van der Waals surface area (Å²) in [6, 6.07) is 16.7. The molecule has 0 aliphatic carbocycles. The van der Waals surface area contributed by atoms with Gasteiger partial charge in [-0.15, -0.1) is 0 Å². The van der Waals surface area contributed by atoms with Gasteiger partial charge in [0.2, 0.25) is 0 Å². The Morgan fingerprint density at radius 1 is 1.05 bits per heavy atom. The van der Waals surface area contributed by atoms with Crippen molar-refractivity contribution >= 4 is 5.91 Å². The number of nitrogens with one attached hydrogen (secondary N) is 1. The Morgan fingerprint density at radius 3 is 2.40 bits per heavy atom. The van der Waals surface area contributed by atoms with Crippen LogP contribution in [0.15, 0.2) is 54.6 Å². The normalized spacial score (nSPS) is 10.1. The minimum absolute atomic E-state index is 0.104. The molecule has 0 radical (unpaired) electrons. The third kappa shape index (κ3) is 4.10. The van der Waals surface area contributed by atoms with E-state index in [0.717, 1.165) is 5.56 Å². The van der Waals surface area contributed by atoms with Crippen LogP contribution in [0.1, 0.15) is 15.9 Å². The fourth-order valence-electron chi connectivity index (χ4n) is 1.71. The summed E-state index contributed by atoms with van der Waals surface area (Å²) in [5, 5.41) is 2.87. The largest absolute Gasteiger partial charge is 0.468 e. The number of benzene rings is 2. The number of carbonyl (C=O) groups excluding carboxylic acids is 1. The summed E-state index contributed by atoms with van der Waals surface area (Å²) in [4.78, 5) is 12.0. The molecule has 0 spiro atoms. The molecule has 0 unspecified atom stereocenters. The van der Waals surface area contributed by atoms with Crippen molar-refractivity contribution in [2.24, 2.45) is 0 Å². The summed E-state index contributed by atoms with van der Waals surface area (Å²) in [6.45, 7) is 0.709. The second kappa shape index (κ2) is 7.31. The summed E-state index contributed by atoms with van der Waals surface area (Å²) < 4.78 is 10.1. The van der Waals surface area contributed by atoms with Crippen LogP contribution >= 0.6 is 0 Å². The molecule has 1 amide bonds. The van der Waals surface area contributed by atoms with Crippen LogP contribution < -0.4 is 10.1 Å². The highest BCUT2D eigenvalue weighted by atomic mass is 16.7. The number of hydrogen-bond donors (Lipinski definition) is 1. The van der Waals surface area contributed by atoms with Crippen molar-refractivity contribution in [3.63, 3.8) is 0 Å². The first-order valence-corrected chi connectivity index (χ1v) is 6.33. The van der Waals surface area contributed by atoms with Gasteiger partial charge in [-0.25, -0.2) is 0 Å². The number of hydrogen-bond acceptors (Lipinski definition) is 3. The van der Waals surface area contributed by atoms with Gasteiger partial charge >= 0.3 is 0 Å². The van der Waals surface area contributed by atoms with Gasteiger partial charge in [0.05, 0.1) is 0 Å². The van der Waals surface area contributed by atoms with Crippen LogP contribution in [0.4, 0.5) is 0 Å². The summed E-state index contributed by atoms with van der Waals surface area (Å²) in [5.74, 6) is 0.568. The van der Waals surface area contributed by atoms with E-state index in [4.69, 9.17) is 9.47 Å². The standard InChI is InChI=1S/C16H17NO3/c1-19-12-20-15-9-7-14(8-10-15)16(18)17-11-13-5-3-2-4-6-13/h2-10H,11-12H2,1H3,(H,17,18). The van der Waals surface area contributed by atoms with Gasteiger partial charge < -0.3 is 14.8 Å². The van der Waals surface area contributed by atoms with E-state index >= 15 is 0 Å². The Balaban J connectivity index is 1.89. The molecular weight excluding hydrogens is 254 g/mol. The van der Waals surface area contributed by atoms with Gasteiger partial charge in [-0.05, 0) is 29.8 Å². The predicted molar refractivity (Wildman–Crippen MR) is 76.6 cm³/mol. The van der Waals surface area contributed by atoms with Crippen LogP contribution in [0.5, 0.6) is 5.75 Å². The Kier molecular flexibility index (Phi) is 5.15. The molecule has 1 N–H and O–H groups in total. The third-order valence-electron chi connectivity index (χ3n) is 2.76. The van der Waals surface area contributed by atoms with E-state index in [1.807, 2.05) is 30.3 Å². The molecule has 104 valence electrons. The fourth-order valence-corrected chi connectivity index (χ4v) is 1.71. The van der Waals surface area contributed by atoms with Gasteiger partial charge in [-0.3, -0.25) is 4.79 Å². The van der Waals surface area contributed by atoms with Crippen LogP contribution in [0, 0.1) is 0 Å². The smallest absolute Gasteiger partial charge is 0.251 e. The quantitative estimate of drug-likeness (QED) is 0.821. The molecule has 4 heteroatoms. The molecule has 0 aliphatic heterocycles. The van der Waals surface area contributed by atoms with Gasteiger partial charge in [0, 0.05) is 19.2 Å². The molecule has 0 saturated heterocycles. The summed E-state index contributed by atoms with van der Waals surface area (Å²) >= 11 is 0. The van der Waals surface area contributed by atoms with Crippen molar-refractivity contribution in [1.82, 2.24) is 5.32 Å². The van der Waals surface area contributed by atoms with Crippen LogP contribution in [0.25, 0.3) is 0 Å². The second-order valence-corrected chi connectivity index (χ2v) is 4.24. The first kappa shape index (κ1) is 14.1. The van der Waals surface area contributed by atoms with Gasteiger partial charge in [-0.1, -0.05) is 30.3 Å². The average Bonchev–Trinajstić information content (AvgIpc) is 2.52. The Morgan fingerprint density at radius 2 is 1.75 bits per heavy atom. The van der Waals surface area contributed by atoms with Crippen LogP contribution in [0.2, 0.25) is 0 Å². The van der Waals surface area contributed by atoms with E-state index < -0.39 is 0 Å². The van der Waals surface area contributed by atoms with Crippen LogP contribution in [-0.2, 0) is 11.3 Å². The van der Waals surface area contributed by atoms with Crippen molar-refractivity contribution < 1.29 is 14.3 Å². The number of rotatable bonds is 6. The molecular formula is C16H17NO3. The molecule has 0 heterocycles. The lowest BCUT2D eigenvalue weighted by Gasteiger charge is -2.07.